The fourth-order valence-electron chi connectivity index (χ4n) is 5.41. The molecule has 0 saturated carbocycles. The Morgan fingerprint density at radius 1 is 1.06 bits per heavy atom. The predicted molar refractivity (Wildman–Crippen MR) is 139 cm³/mol. The summed E-state index contributed by atoms with van der Waals surface area (Å²) in [6, 6.07) is 15.6. The lowest BCUT2D eigenvalue weighted by molar-refractivity contribution is -0.134. The van der Waals surface area contributed by atoms with Gasteiger partial charge < -0.3 is 14.8 Å². The predicted octanol–water partition coefficient (Wildman–Crippen LogP) is 3.86. The molecule has 7 heteroatoms. The lowest BCUT2D eigenvalue weighted by Gasteiger charge is -2.41. The Balaban J connectivity index is 1.50. The summed E-state index contributed by atoms with van der Waals surface area (Å²) in [6.45, 7) is 4.24. The summed E-state index contributed by atoms with van der Waals surface area (Å²) in [5.74, 6) is 7.23. The Bertz CT molecular complexity index is 1130. The molecule has 2 saturated heterocycles. The van der Waals surface area contributed by atoms with E-state index in [0.717, 1.165) is 61.5 Å². The van der Waals surface area contributed by atoms with Crippen LogP contribution in [0.5, 0.6) is 11.5 Å². The molecule has 0 unspecified atom stereocenters. The van der Waals surface area contributed by atoms with Gasteiger partial charge in [-0.3, -0.25) is 14.6 Å². The van der Waals surface area contributed by atoms with Crippen molar-refractivity contribution in [3.63, 3.8) is 0 Å². The van der Waals surface area contributed by atoms with Crippen molar-refractivity contribution < 1.29 is 19.1 Å². The molecule has 2 aliphatic rings. The number of nitrogens with zero attached hydrogens (tertiary/aromatic N) is 2. The number of hydrogen-bond acceptors (Lipinski definition) is 5. The topological polar surface area (TPSA) is 71.1 Å². The van der Waals surface area contributed by atoms with E-state index < -0.39 is 5.54 Å². The average Bonchev–Trinajstić information content (AvgIpc) is 3.16. The zero-order chi connectivity index (χ0) is 25.5. The Labute approximate surface area is 213 Å². The Morgan fingerprint density at radius 3 is 2.47 bits per heavy atom. The number of rotatable bonds is 9. The molecule has 7 nitrogen and oxygen atoms in total. The van der Waals surface area contributed by atoms with Crippen molar-refractivity contribution in [2.75, 3.05) is 33.9 Å². The first-order chi connectivity index (χ1) is 17.5. The molecule has 0 bridgehead atoms. The first-order valence-corrected chi connectivity index (χ1v) is 12.5. The van der Waals surface area contributed by atoms with E-state index in [1.54, 1.807) is 21.1 Å². The molecule has 1 N–H and O–H groups in total. The molecule has 190 valence electrons. The van der Waals surface area contributed by atoms with Crippen LogP contribution in [0.25, 0.3) is 0 Å². The number of nitrogens with one attached hydrogen (secondary N) is 1. The SMILES string of the molecule is CC#CCN1C(=O)N[C@@](CCc2ccccc2)(C2CCN(Cc3cc(OC)ccc3OC)CC2)C1=O. The maximum atomic E-state index is 13.7. The number of aryl methyl sites for hydroxylation is 1. The van der Waals surface area contributed by atoms with E-state index in [0.29, 0.717) is 6.42 Å². The Morgan fingerprint density at radius 2 is 1.81 bits per heavy atom. The number of amides is 3. The van der Waals surface area contributed by atoms with Crippen LogP contribution in [0.15, 0.2) is 48.5 Å². The Hall–Kier alpha value is -3.50. The second kappa shape index (κ2) is 11.5. The van der Waals surface area contributed by atoms with E-state index in [2.05, 4.69) is 34.2 Å². The third-order valence-corrected chi connectivity index (χ3v) is 7.43. The Kier molecular flexibility index (Phi) is 8.17. The minimum atomic E-state index is -0.901. The van der Waals surface area contributed by atoms with Crippen LogP contribution in [0, 0.1) is 17.8 Å². The fraction of sp³-hybridized carbons (Fsp3) is 0.448. The number of benzene rings is 2. The van der Waals surface area contributed by atoms with Gasteiger partial charge in [0.1, 0.15) is 17.0 Å². The molecular formula is C29H35N3O4. The van der Waals surface area contributed by atoms with Gasteiger partial charge in [-0.1, -0.05) is 36.3 Å². The van der Waals surface area contributed by atoms with Crippen molar-refractivity contribution in [2.45, 2.75) is 44.7 Å². The van der Waals surface area contributed by atoms with Crippen LogP contribution in [0.3, 0.4) is 0 Å². The van der Waals surface area contributed by atoms with Gasteiger partial charge in [0.25, 0.3) is 5.91 Å². The third-order valence-electron chi connectivity index (χ3n) is 7.43. The zero-order valence-corrected chi connectivity index (χ0v) is 21.4. The van der Waals surface area contributed by atoms with Crippen LogP contribution in [-0.2, 0) is 17.8 Å². The molecule has 0 aliphatic carbocycles. The summed E-state index contributed by atoms with van der Waals surface area (Å²) in [5, 5.41) is 3.13. The van der Waals surface area contributed by atoms with Gasteiger partial charge in [0.05, 0.1) is 20.8 Å². The van der Waals surface area contributed by atoms with Crippen molar-refractivity contribution in [2.24, 2.45) is 5.92 Å². The monoisotopic (exact) mass is 489 g/mol. The highest BCUT2D eigenvalue weighted by Crippen LogP contribution is 2.38. The summed E-state index contributed by atoms with van der Waals surface area (Å²) in [6.07, 6.45) is 2.94. The van der Waals surface area contributed by atoms with Crippen LogP contribution in [0.2, 0.25) is 0 Å². The number of carbonyl (C=O) groups is 2. The van der Waals surface area contributed by atoms with E-state index in [-0.39, 0.29) is 24.4 Å². The van der Waals surface area contributed by atoms with Gasteiger partial charge >= 0.3 is 6.03 Å². The lowest BCUT2D eigenvalue weighted by atomic mass is 9.74. The van der Waals surface area contributed by atoms with E-state index in [1.807, 2.05) is 36.4 Å². The van der Waals surface area contributed by atoms with Crippen LogP contribution in [0.4, 0.5) is 4.79 Å². The number of ether oxygens (including phenoxy) is 2. The van der Waals surface area contributed by atoms with Crippen molar-refractivity contribution in [3.05, 3.63) is 59.7 Å². The largest absolute Gasteiger partial charge is 0.497 e. The number of imide groups is 1. The first kappa shape index (κ1) is 25.6. The summed E-state index contributed by atoms with van der Waals surface area (Å²) < 4.78 is 11.0. The molecule has 3 amide bonds. The highest BCUT2D eigenvalue weighted by atomic mass is 16.5. The average molecular weight is 490 g/mol. The van der Waals surface area contributed by atoms with Crippen LogP contribution in [0.1, 0.15) is 37.3 Å². The van der Waals surface area contributed by atoms with Gasteiger partial charge in [-0.2, -0.15) is 0 Å². The summed E-state index contributed by atoms with van der Waals surface area (Å²) >= 11 is 0. The van der Waals surface area contributed by atoms with Gasteiger partial charge in [0.2, 0.25) is 0 Å². The van der Waals surface area contributed by atoms with E-state index >= 15 is 0 Å². The van der Waals surface area contributed by atoms with E-state index in [1.165, 1.54) is 4.90 Å². The normalized spacial score (nSPS) is 20.6. The number of urea groups is 1. The van der Waals surface area contributed by atoms with Gasteiger partial charge in [-0.25, -0.2) is 4.79 Å². The smallest absolute Gasteiger partial charge is 0.325 e. The summed E-state index contributed by atoms with van der Waals surface area (Å²) in [5.41, 5.74) is 1.33. The molecule has 4 rings (SSSR count). The minimum Gasteiger partial charge on any atom is -0.497 e. The van der Waals surface area contributed by atoms with E-state index in [4.69, 9.17) is 9.47 Å². The van der Waals surface area contributed by atoms with Gasteiger partial charge in [0.15, 0.2) is 0 Å². The zero-order valence-electron chi connectivity index (χ0n) is 21.4. The summed E-state index contributed by atoms with van der Waals surface area (Å²) in [4.78, 5) is 30.3. The lowest BCUT2D eigenvalue weighted by Crippen LogP contribution is -2.56. The van der Waals surface area contributed by atoms with Crippen LogP contribution < -0.4 is 14.8 Å². The number of piperidine rings is 1. The second-order valence-corrected chi connectivity index (χ2v) is 9.43. The fourth-order valence-corrected chi connectivity index (χ4v) is 5.41. The maximum Gasteiger partial charge on any atom is 0.325 e. The molecule has 0 spiro atoms. The molecule has 0 radical (unpaired) electrons. The molecule has 36 heavy (non-hydrogen) atoms. The summed E-state index contributed by atoms with van der Waals surface area (Å²) in [7, 11) is 3.34. The van der Waals surface area contributed by atoms with Gasteiger partial charge in [-0.15, -0.1) is 5.92 Å². The number of methoxy groups -OCH3 is 2. The highest BCUT2D eigenvalue weighted by Gasteiger charge is 2.55. The molecule has 0 aromatic heterocycles. The molecule has 2 fully saturated rings. The van der Waals surface area contributed by atoms with E-state index in [9.17, 15) is 9.59 Å². The number of carbonyl (C=O) groups excluding carboxylic acids is 2. The molecule has 2 aromatic rings. The first-order valence-electron chi connectivity index (χ1n) is 12.5. The van der Waals surface area contributed by atoms with Gasteiger partial charge in [-0.05, 0) is 75.4 Å². The van der Waals surface area contributed by atoms with Crippen molar-refractivity contribution in [1.29, 1.82) is 0 Å². The molecule has 2 heterocycles. The maximum absolute atomic E-state index is 13.7. The standard InChI is InChI=1S/C29H35N3O4/c1-4-5-17-32-27(33)29(30-28(32)34,16-13-22-9-7-6-8-10-22)24-14-18-31(19-15-24)21-23-20-25(35-2)11-12-26(23)36-3/h6-12,20,24H,13-19,21H2,1-3H3,(H,30,34)/t29-/m0/s1. The number of likely N-dealkylation sites (tertiary alicyclic amines) is 1. The molecule has 2 aliphatic heterocycles. The molecular weight excluding hydrogens is 454 g/mol. The highest BCUT2D eigenvalue weighted by molar-refractivity contribution is 6.07. The second-order valence-electron chi connectivity index (χ2n) is 9.43. The molecule has 2 aromatic carbocycles. The number of hydrogen-bond donors (Lipinski definition) is 1. The van der Waals surface area contributed by atoms with Crippen molar-refractivity contribution >= 4 is 11.9 Å². The van der Waals surface area contributed by atoms with Crippen LogP contribution in [-0.4, -0.2) is 61.1 Å². The minimum absolute atomic E-state index is 0.0562. The van der Waals surface area contributed by atoms with Crippen molar-refractivity contribution in [3.8, 4) is 23.3 Å². The van der Waals surface area contributed by atoms with Crippen molar-refractivity contribution in [1.82, 2.24) is 15.1 Å². The molecule has 1 atom stereocenters. The quantitative estimate of drug-likeness (QED) is 0.428. The van der Waals surface area contributed by atoms with Crippen LogP contribution >= 0.6 is 0 Å². The third kappa shape index (κ3) is 5.34. The van der Waals surface area contributed by atoms with Gasteiger partial charge in [0, 0.05) is 12.1 Å².